The lowest BCUT2D eigenvalue weighted by Gasteiger charge is -2.25. The zero-order valence-corrected chi connectivity index (χ0v) is 11.9. The van der Waals surface area contributed by atoms with Crippen molar-refractivity contribution in [2.45, 2.75) is 26.7 Å². The summed E-state index contributed by atoms with van der Waals surface area (Å²) >= 11 is 0. The number of rotatable bonds is 3. The van der Waals surface area contributed by atoms with Gasteiger partial charge in [-0.05, 0) is 49.8 Å². The van der Waals surface area contributed by atoms with Crippen LogP contribution >= 0.6 is 0 Å². The molecular formula is C16H20N2O2. The van der Waals surface area contributed by atoms with Crippen molar-refractivity contribution in [3.05, 3.63) is 40.4 Å². The Bertz CT molecular complexity index is 696. The smallest absolute Gasteiger partial charge is 0.408 e. The Hall–Kier alpha value is -1.97. The van der Waals surface area contributed by atoms with Gasteiger partial charge >= 0.3 is 5.76 Å². The van der Waals surface area contributed by atoms with Crippen LogP contribution in [0.2, 0.25) is 0 Å². The fraction of sp³-hybridized carbons (Fsp3) is 0.438. The van der Waals surface area contributed by atoms with Crippen LogP contribution < -0.4 is 11.1 Å². The van der Waals surface area contributed by atoms with Crippen LogP contribution in [0.1, 0.15) is 26.7 Å². The van der Waals surface area contributed by atoms with Gasteiger partial charge in [0.15, 0.2) is 5.58 Å². The number of anilines is 1. The van der Waals surface area contributed by atoms with Gasteiger partial charge in [0.2, 0.25) is 0 Å². The second kappa shape index (κ2) is 5.19. The maximum absolute atomic E-state index is 11.1. The molecule has 0 fully saturated rings. The predicted octanol–water partition coefficient (Wildman–Crippen LogP) is 3.53. The highest BCUT2D eigenvalue weighted by molar-refractivity contribution is 5.76. The van der Waals surface area contributed by atoms with E-state index in [2.05, 4.69) is 30.2 Å². The topological polar surface area (TPSA) is 58.0 Å². The number of nitrogens with one attached hydrogen (secondary N) is 2. The molecular weight excluding hydrogens is 252 g/mol. The molecule has 0 radical (unpaired) electrons. The molecule has 4 nitrogen and oxygen atoms in total. The van der Waals surface area contributed by atoms with Crippen LogP contribution in [0.25, 0.3) is 11.1 Å². The SMILES string of the molecule is CC1=CC(C)CC(CNc2ccc3oc(=O)[nH]c3c2)C1. The Labute approximate surface area is 117 Å². The molecule has 2 unspecified atom stereocenters. The number of fused-ring (bicyclic) bond motifs is 1. The summed E-state index contributed by atoms with van der Waals surface area (Å²) in [5, 5.41) is 3.47. The first-order chi connectivity index (χ1) is 9.60. The highest BCUT2D eigenvalue weighted by Crippen LogP contribution is 2.28. The van der Waals surface area contributed by atoms with E-state index in [1.165, 1.54) is 18.4 Å². The van der Waals surface area contributed by atoms with Gasteiger partial charge in [-0.3, -0.25) is 4.98 Å². The van der Waals surface area contributed by atoms with Gasteiger partial charge in [0.25, 0.3) is 0 Å². The molecule has 2 N–H and O–H groups in total. The van der Waals surface area contributed by atoms with E-state index in [4.69, 9.17) is 4.42 Å². The van der Waals surface area contributed by atoms with E-state index in [1.54, 1.807) is 0 Å². The van der Waals surface area contributed by atoms with E-state index in [0.717, 1.165) is 17.7 Å². The highest BCUT2D eigenvalue weighted by Gasteiger charge is 2.17. The molecule has 1 aliphatic carbocycles. The van der Waals surface area contributed by atoms with Crippen molar-refractivity contribution in [1.82, 2.24) is 4.98 Å². The summed E-state index contributed by atoms with van der Waals surface area (Å²) in [6, 6.07) is 5.70. The van der Waals surface area contributed by atoms with E-state index in [9.17, 15) is 4.79 Å². The maximum atomic E-state index is 11.1. The zero-order valence-electron chi connectivity index (χ0n) is 11.9. The fourth-order valence-corrected chi connectivity index (χ4v) is 3.17. The number of hydrogen-bond acceptors (Lipinski definition) is 3. The predicted molar refractivity (Wildman–Crippen MR) is 81.0 cm³/mol. The van der Waals surface area contributed by atoms with E-state index in [-0.39, 0.29) is 0 Å². The minimum Gasteiger partial charge on any atom is -0.408 e. The molecule has 1 aromatic heterocycles. The van der Waals surface area contributed by atoms with Gasteiger partial charge < -0.3 is 9.73 Å². The summed E-state index contributed by atoms with van der Waals surface area (Å²) in [6.45, 7) is 5.45. The largest absolute Gasteiger partial charge is 0.417 e. The normalized spacial score (nSPS) is 22.8. The summed E-state index contributed by atoms with van der Waals surface area (Å²) in [6.07, 6.45) is 4.77. The lowest BCUT2D eigenvalue weighted by Crippen LogP contribution is -2.20. The van der Waals surface area contributed by atoms with Crippen LogP contribution in [0.4, 0.5) is 5.69 Å². The van der Waals surface area contributed by atoms with E-state index < -0.39 is 5.76 Å². The van der Waals surface area contributed by atoms with Crippen molar-refractivity contribution in [3.8, 4) is 0 Å². The standard InChI is InChI=1S/C16H20N2O2/c1-10-5-11(2)7-12(6-10)9-17-13-3-4-15-14(8-13)18-16(19)20-15/h3-5,8,10,12,17H,6-7,9H2,1-2H3,(H,18,19). The molecule has 0 saturated carbocycles. The molecule has 3 rings (SSSR count). The summed E-state index contributed by atoms with van der Waals surface area (Å²) in [7, 11) is 0. The van der Waals surface area contributed by atoms with Crippen molar-refractivity contribution in [2.24, 2.45) is 11.8 Å². The van der Waals surface area contributed by atoms with Crippen LogP contribution in [0.15, 0.2) is 39.1 Å². The van der Waals surface area contributed by atoms with Crippen LogP contribution in [0, 0.1) is 11.8 Å². The molecule has 0 aliphatic heterocycles. The Morgan fingerprint density at radius 1 is 1.45 bits per heavy atom. The van der Waals surface area contributed by atoms with Gasteiger partial charge in [0.05, 0.1) is 5.52 Å². The molecule has 20 heavy (non-hydrogen) atoms. The molecule has 0 saturated heterocycles. The van der Waals surface area contributed by atoms with Crippen molar-refractivity contribution in [1.29, 1.82) is 0 Å². The number of oxazole rings is 1. The Balaban J connectivity index is 1.68. The summed E-state index contributed by atoms with van der Waals surface area (Å²) in [4.78, 5) is 13.8. The number of aromatic nitrogens is 1. The van der Waals surface area contributed by atoms with E-state index in [0.29, 0.717) is 17.4 Å². The first-order valence-electron chi connectivity index (χ1n) is 7.14. The van der Waals surface area contributed by atoms with Crippen molar-refractivity contribution >= 4 is 16.8 Å². The number of allylic oxidation sites excluding steroid dienone is 2. The molecule has 1 aromatic carbocycles. The third-order valence-electron chi connectivity index (χ3n) is 3.90. The average molecular weight is 272 g/mol. The Morgan fingerprint density at radius 3 is 3.10 bits per heavy atom. The van der Waals surface area contributed by atoms with E-state index >= 15 is 0 Å². The lowest BCUT2D eigenvalue weighted by molar-refractivity contribution is 0.421. The van der Waals surface area contributed by atoms with Gasteiger partial charge in [0.1, 0.15) is 0 Å². The molecule has 2 aromatic rings. The Morgan fingerprint density at radius 2 is 2.30 bits per heavy atom. The third kappa shape index (κ3) is 2.79. The zero-order chi connectivity index (χ0) is 14.1. The third-order valence-corrected chi connectivity index (χ3v) is 3.90. The molecule has 2 atom stereocenters. The van der Waals surface area contributed by atoms with E-state index in [1.807, 2.05) is 18.2 Å². The minimum atomic E-state index is -0.404. The highest BCUT2D eigenvalue weighted by atomic mass is 16.4. The molecule has 0 bridgehead atoms. The molecule has 1 heterocycles. The van der Waals surface area contributed by atoms with Crippen molar-refractivity contribution in [2.75, 3.05) is 11.9 Å². The van der Waals surface area contributed by atoms with Crippen LogP contribution in [-0.4, -0.2) is 11.5 Å². The number of benzene rings is 1. The number of hydrogen-bond donors (Lipinski definition) is 2. The van der Waals surface area contributed by atoms with Gasteiger partial charge in [-0.25, -0.2) is 4.79 Å². The molecule has 0 amide bonds. The summed E-state index contributed by atoms with van der Waals surface area (Å²) in [5.41, 5.74) is 3.86. The number of H-pyrrole nitrogens is 1. The van der Waals surface area contributed by atoms with Gasteiger partial charge in [-0.1, -0.05) is 18.6 Å². The van der Waals surface area contributed by atoms with Crippen LogP contribution in [-0.2, 0) is 0 Å². The molecule has 1 aliphatic rings. The number of aromatic amines is 1. The molecule has 0 spiro atoms. The van der Waals surface area contributed by atoms with Crippen LogP contribution in [0.5, 0.6) is 0 Å². The average Bonchev–Trinajstić information content (AvgIpc) is 2.74. The first kappa shape index (κ1) is 13.0. The molecule has 106 valence electrons. The minimum absolute atomic E-state index is 0.404. The van der Waals surface area contributed by atoms with Gasteiger partial charge in [-0.15, -0.1) is 0 Å². The summed E-state index contributed by atoms with van der Waals surface area (Å²) < 4.78 is 5.00. The molecule has 4 heteroatoms. The Kier molecular flexibility index (Phi) is 3.38. The van der Waals surface area contributed by atoms with Gasteiger partial charge in [-0.2, -0.15) is 0 Å². The quantitative estimate of drug-likeness (QED) is 0.840. The van der Waals surface area contributed by atoms with Crippen molar-refractivity contribution in [3.63, 3.8) is 0 Å². The van der Waals surface area contributed by atoms with Crippen LogP contribution in [0.3, 0.4) is 0 Å². The second-order valence-corrected chi connectivity index (χ2v) is 5.90. The second-order valence-electron chi connectivity index (χ2n) is 5.90. The first-order valence-corrected chi connectivity index (χ1v) is 7.14. The lowest BCUT2D eigenvalue weighted by atomic mass is 9.84. The van der Waals surface area contributed by atoms with Gasteiger partial charge in [0, 0.05) is 12.2 Å². The maximum Gasteiger partial charge on any atom is 0.417 e. The monoisotopic (exact) mass is 272 g/mol. The summed E-state index contributed by atoms with van der Waals surface area (Å²) in [5.74, 6) is 0.941. The fourth-order valence-electron chi connectivity index (χ4n) is 3.17. The van der Waals surface area contributed by atoms with Crippen molar-refractivity contribution < 1.29 is 4.42 Å².